The third-order valence-electron chi connectivity index (χ3n) is 4.55. The monoisotopic (exact) mass is 290 g/mol. The summed E-state index contributed by atoms with van der Waals surface area (Å²) in [7, 11) is 0. The minimum atomic E-state index is -0.757. The molecule has 2 rings (SSSR count). The topological polar surface area (TPSA) is 75.3 Å². The van der Waals surface area contributed by atoms with Crippen molar-refractivity contribution in [2.24, 2.45) is 5.41 Å². The summed E-state index contributed by atoms with van der Waals surface area (Å²) in [5, 5.41) is 13.4. The van der Waals surface area contributed by atoms with Gasteiger partial charge in [0.15, 0.2) is 0 Å². The first kappa shape index (κ1) is 15.8. The third kappa shape index (κ3) is 4.46. The molecule has 1 aromatic rings. The second-order valence-corrected chi connectivity index (χ2v) is 7.04. The van der Waals surface area contributed by atoms with Crippen LogP contribution >= 0.6 is 0 Å². The molecule has 21 heavy (non-hydrogen) atoms. The normalized spacial score (nSPS) is 20.0. The van der Waals surface area contributed by atoms with Crippen LogP contribution in [-0.4, -0.2) is 23.2 Å². The number of para-hydroxylation sites is 1. The van der Waals surface area contributed by atoms with E-state index < -0.39 is 5.60 Å². The largest absolute Gasteiger partial charge is 0.398 e. The molecular weight excluding hydrogens is 264 g/mol. The Morgan fingerprint density at radius 3 is 2.48 bits per heavy atom. The van der Waals surface area contributed by atoms with E-state index in [1.807, 2.05) is 18.2 Å². The highest BCUT2D eigenvalue weighted by Crippen LogP contribution is 2.39. The van der Waals surface area contributed by atoms with Crippen molar-refractivity contribution in [3.63, 3.8) is 0 Å². The average molecular weight is 290 g/mol. The number of nitrogens with two attached hydrogens (primary N) is 1. The molecule has 4 N–H and O–H groups in total. The zero-order chi connectivity index (χ0) is 15.5. The highest BCUT2D eigenvalue weighted by molar-refractivity contribution is 5.80. The van der Waals surface area contributed by atoms with Gasteiger partial charge in [-0.1, -0.05) is 32.0 Å². The predicted molar refractivity (Wildman–Crippen MR) is 84.8 cm³/mol. The summed E-state index contributed by atoms with van der Waals surface area (Å²) < 4.78 is 0. The summed E-state index contributed by atoms with van der Waals surface area (Å²) in [6.45, 7) is 4.78. The molecule has 0 unspecified atom stereocenters. The molecule has 0 radical (unpaired) electrons. The highest BCUT2D eigenvalue weighted by Gasteiger charge is 2.36. The van der Waals surface area contributed by atoms with Gasteiger partial charge in [-0.3, -0.25) is 4.79 Å². The number of rotatable bonds is 4. The maximum atomic E-state index is 12.0. The van der Waals surface area contributed by atoms with Crippen LogP contribution in [0.2, 0.25) is 0 Å². The van der Waals surface area contributed by atoms with Crippen LogP contribution in [-0.2, 0) is 11.2 Å². The summed E-state index contributed by atoms with van der Waals surface area (Å²) in [4.78, 5) is 12.0. The fourth-order valence-corrected chi connectivity index (χ4v) is 2.76. The number of amides is 1. The Morgan fingerprint density at radius 1 is 1.24 bits per heavy atom. The molecule has 0 atom stereocenters. The molecule has 4 heteroatoms. The summed E-state index contributed by atoms with van der Waals surface area (Å²) in [5.74, 6) is -0.0915. The number of benzene rings is 1. The van der Waals surface area contributed by atoms with E-state index in [2.05, 4.69) is 19.2 Å². The first-order valence-corrected chi connectivity index (χ1v) is 7.62. The number of aliphatic hydroxyl groups is 1. The Hall–Kier alpha value is -1.55. The molecule has 0 bridgehead atoms. The second kappa shape index (κ2) is 6.06. The van der Waals surface area contributed by atoms with E-state index in [1.54, 1.807) is 6.07 Å². The number of carbonyl (C=O) groups is 1. The Bertz CT molecular complexity index is 501. The first-order chi connectivity index (χ1) is 9.80. The van der Waals surface area contributed by atoms with Gasteiger partial charge < -0.3 is 16.2 Å². The summed E-state index contributed by atoms with van der Waals surface area (Å²) >= 11 is 0. The Balaban J connectivity index is 1.83. The number of anilines is 1. The van der Waals surface area contributed by atoms with Gasteiger partial charge in [-0.15, -0.1) is 0 Å². The van der Waals surface area contributed by atoms with Gasteiger partial charge in [0, 0.05) is 12.2 Å². The summed E-state index contributed by atoms with van der Waals surface area (Å²) in [6.07, 6.45) is 3.73. The van der Waals surface area contributed by atoms with E-state index in [9.17, 15) is 9.90 Å². The van der Waals surface area contributed by atoms with Crippen LogP contribution in [0.25, 0.3) is 0 Å². The average Bonchev–Trinajstić information content (AvgIpc) is 2.43. The molecule has 1 aromatic carbocycles. The lowest BCUT2D eigenvalue weighted by Gasteiger charge is -2.40. The lowest BCUT2D eigenvalue weighted by Crippen LogP contribution is -2.46. The molecule has 0 heterocycles. The molecule has 0 aromatic heterocycles. The summed E-state index contributed by atoms with van der Waals surface area (Å²) in [5.41, 5.74) is 6.83. The van der Waals surface area contributed by atoms with Crippen molar-refractivity contribution < 1.29 is 9.90 Å². The van der Waals surface area contributed by atoms with Gasteiger partial charge in [-0.05, 0) is 42.7 Å². The molecule has 1 saturated carbocycles. The molecule has 116 valence electrons. The van der Waals surface area contributed by atoms with Crippen molar-refractivity contribution in [1.82, 2.24) is 5.32 Å². The molecule has 1 fully saturated rings. The van der Waals surface area contributed by atoms with Gasteiger partial charge in [0.25, 0.3) is 0 Å². The predicted octanol–water partition coefficient (Wildman–Crippen LogP) is 2.26. The number of hydrogen-bond acceptors (Lipinski definition) is 3. The molecule has 0 saturated heterocycles. The van der Waals surface area contributed by atoms with E-state index in [0.29, 0.717) is 17.6 Å². The smallest absolute Gasteiger partial charge is 0.224 e. The zero-order valence-corrected chi connectivity index (χ0v) is 13.0. The van der Waals surface area contributed by atoms with Crippen molar-refractivity contribution in [3.05, 3.63) is 29.8 Å². The van der Waals surface area contributed by atoms with Gasteiger partial charge in [0.2, 0.25) is 5.91 Å². The zero-order valence-electron chi connectivity index (χ0n) is 13.0. The lowest BCUT2D eigenvalue weighted by molar-refractivity contribution is -0.122. The van der Waals surface area contributed by atoms with Gasteiger partial charge in [0.05, 0.1) is 12.0 Å². The molecule has 1 aliphatic rings. The van der Waals surface area contributed by atoms with Crippen LogP contribution in [0.1, 0.15) is 45.1 Å². The van der Waals surface area contributed by atoms with Gasteiger partial charge in [0.1, 0.15) is 0 Å². The van der Waals surface area contributed by atoms with Crippen molar-refractivity contribution in [2.45, 2.75) is 51.6 Å². The maximum absolute atomic E-state index is 12.0. The van der Waals surface area contributed by atoms with Gasteiger partial charge in [-0.25, -0.2) is 0 Å². The minimum absolute atomic E-state index is 0.0915. The molecular formula is C17H26N2O2. The summed E-state index contributed by atoms with van der Waals surface area (Å²) in [6, 6.07) is 7.37. The van der Waals surface area contributed by atoms with E-state index >= 15 is 0 Å². The van der Waals surface area contributed by atoms with Crippen LogP contribution < -0.4 is 11.1 Å². The SMILES string of the molecule is CC1(C)CCC(O)(CNC(=O)Cc2ccccc2N)CC1. The van der Waals surface area contributed by atoms with Crippen LogP contribution in [0.15, 0.2) is 24.3 Å². The number of nitrogen functional groups attached to an aromatic ring is 1. The minimum Gasteiger partial charge on any atom is -0.398 e. The Labute approximate surface area is 126 Å². The quantitative estimate of drug-likeness (QED) is 0.745. The second-order valence-electron chi connectivity index (χ2n) is 7.04. The fraction of sp³-hybridized carbons (Fsp3) is 0.588. The fourth-order valence-electron chi connectivity index (χ4n) is 2.76. The number of carbonyl (C=O) groups excluding carboxylic acids is 1. The molecule has 0 spiro atoms. The van der Waals surface area contributed by atoms with Crippen LogP contribution in [0, 0.1) is 5.41 Å². The van der Waals surface area contributed by atoms with Crippen LogP contribution in [0.5, 0.6) is 0 Å². The van der Waals surface area contributed by atoms with E-state index in [1.165, 1.54) is 0 Å². The van der Waals surface area contributed by atoms with Gasteiger partial charge >= 0.3 is 0 Å². The van der Waals surface area contributed by atoms with Crippen LogP contribution in [0.3, 0.4) is 0 Å². The van der Waals surface area contributed by atoms with Crippen molar-refractivity contribution in [2.75, 3.05) is 12.3 Å². The van der Waals surface area contributed by atoms with E-state index in [4.69, 9.17) is 5.73 Å². The van der Waals surface area contributed by atoms with E-state index in [0.717, 1.165) is 31.2 Å². The van der Waals surface area contributed by atoms with Crippen molar-refractivity contribution >= 4 is 11.6 Å². The molecule has 1 amide bonds. The van der Waals surface area contributed by atoms with E-state index in [-0.39, 0.29) is 12.3 Å². The first-order valence-electron chi connectivity index (χ1n) is 7.62. The van der Waals surface area contributed by atoms with Crippen molar-refractivity contribution in [3.8, 4) is 0 Å². The maximum Gasteiger partial charge on any atom is 0.224 e. The Morgan fingerprint density at radius 2 is 1.86 bits per heavy atom. The number of nitrogens with one attached hydrogen (secondary N) is 1. The number of hydrogen-bond donors (Lipinski definition) is 3. The lowest BCUT2D eigenvalue weighted by atomic mass is 9.71. The van der Waals surface area contributed by atoms with Crippen LogP contribution in [0.4, 0.5) is 5.69 Å². The molecule has 1 aliphatic carbocycles. The third-order valence-corrected chi connectivity index (χ3v) is 4.55. The standard InChI is InChI=1S/C17H26N2O2/c1-16(2)7-9-17(21,10-8-16)12-19-15(20)11-13-5-3-4-6-14(13)18/h3-6,21H,7-12,18H2,1-2H3,(H,19,20). The Kier molecular flexibility index (Phi) is 4.57. The van der Waals surface area contributed by atoms with Gasteiger partial charge in [-0.2, -0.15) is 0 Å². The molecule has 4 nitrogen and oxygen atoms in total. The highest BCUT2D eigenvalue weighted by atomic mass is 16.3. The molecule has 0 aliphatic heterocycles. The van der Waals surface area contributed by atoms with Crippen molar-refractivity contribution in [1.29, 1.82) is 0 Å².